The van der Waals surface area contributed by atoms with Crippen molar-refractivity contribution in [1.29, 1.82) is 0 Å². The van der Waals surface area contributed by atoms with Crippen molar-refractivity contribution in [3.63, 3.8) is 0 Å². The number of anilines is 2. The molecule has 10 heteroatoms. The van der Waals surface area contributed by atoms with Crippen molar-refractivity contribution in [3.8, 4) is 0 Å². The summed E-state index contributed by atoms with van der Waals surface area (Å²) < 4.78 is 29.3. The van der Waals surface area contributed by atoms with Gasteiger partial charge in [-0.3, -0.25) is 9.36 Å². The van der Waals surface area contributed by atoms with E-state index < -0.39 is 10.0 Å². The van der Waals surface area contributed by atoms with Crippen LogP contribution in [-0.2, 0) is 10.0 Å². The summed E-state index contributed by atoms with van der Waals surface area (Å²) in [5.41, 5.74) is 1.81. The molecule has 0 atom stereocenters. The number of nitrogens with zero attached hydrogens (tertiary/aromatic N) is 4. The van der Waals surface area contributed by atoms with Gasteiger partial charge in [0, 0.05) is 36.4 Å². The van der Waals surface area contributed by atoms with Crippen molar-refractivity contribution in [3.05, 3.63) is 51.4 Å². The van der Waals surface area contributed by atoms with Crippen molar-refractivity contribution in [2.24, 2.45) is 0 Å². The van der Waals surface area contributed by atoms with Gasteiger partial charge in [-0.25, -0.2) is 13.4 Å². The number of pyridine rings is 1. The van der Waals surface area contributed by atoms with E-state index in [4.69, 9.17) is 11.6 Å². The normalized spacial score (nSPS) is 17.9. The number of fused-ring (bicyclic) bond motifs is 1. The summed E-state index contributed by atoms with van der Waals surface area (Å²) in [4.78, 5) is 22.2. The van der Waals surface area contributed by atoms with Gasteiger partial charge in [0.2, 0.25) is 16.0 Å². The van der Waals surface area contributed by atoms with Crippen molar-refractivity contribution in [2.45, 2.75) is 62.8 Å². The molecule has 0 unspecified atom stereocenters. The maximum absolute atomic E-state index is 13.0. The van der Waals surface area contributed by atoms with Crippen molar-refractivity contribution in [1.82, 2.24) is 18.8 Å². The fraction of sp³-hybridized carbons (Fsp3) is 0.458. The molecule has 1 aromatic carbocycles. The van der Waals surface area contributed by atoms with Gasteiger partial charge in [-0.2, -0.15) is 9.29 Å². The highest BCUT2D eigenvalue weighted by molar-refractivity contribution is 7.89. The maximum atomic E-state index is 13.0. The molecule has 2 aromatic heterocycles. The molecule has 2 aliphatic rings. The third-order valence-electron chi connectivity index (χ3n) is 6.82. The van der Waals surface area contributed by atoms with Gasteiger partial charge in [-0.15, -0.1) is 0 Å². The van der Waals surface area contributed by atoms with E-state index in [0.717, 1.165) is 50.5 Å². The van der Waals surface area contributed by atoms with Crippen LogP contribution in [0.25, 0.3) is 11.0 Å². The summed E-state index contributed by atoms with van der Waals surface area (Å²) in [6.45, 7) is 2.99. The van der Waals surface area contributed by atoms with Gasteiger partial charge < -0.3 is 5.32 Å². The highest BCUT2D eigenvalue weighted by Crippen LogP contribution is 2.32. The summed E-state index contributed by atoms with van der Waals surface area (Å²) in [6, 6.07) is 6.74. The van der Waals surface area contributed by atoms with E-state index in [1.807, 2.05) is 6.92 Å². The van der Waals surface area contributed by atoms with Crippen LogP contribution in [0, 0.1) is 6.92 Å². The van der Waals surface area contributed by atoms with Gasteiger partial charge in [-0.1, -0.05) is 30.9 Å². The monoisotopic (exact) mass is 501 g/mol. The number of nitrogens with one attached hydrogen (secondary N) is 1. The highest BCUT2D eigenvalue weighted by atomic mass is 35.5. The first-order chi connectivity index (χ1) is 16.3. The van der Waals surface area contributed by atoms with Gasteiger partial charge >= 0.3 is 0 Å². The SMILES string of the molecule is Cc1cc(S(=O)(=O)N2CCCCC2)ccc1Nc1ncc2cc(Cl)c(=O)n(C3CCCC3)c2n1. The number of sulfonamides is 1. The average molecular weight is 502 g/mol. The third-order valence-corrected chi connectivity index (χ3v) is 8.98. The first-order valence-corrected chi connectivity index (χ1v) is 13.6. The summed E-state index contributed by atoms with van der Waals surface area (Å²) >= 11 is 6.21. The summed E-state index contributed by atoms with van der Waals surface area (Å²) in [5, 5.41) is 4.08. The third kappa shape index (κ3) is 4.32. The first-order valence-electron chi connectivity index (χ1n) is 11.8. The second-order valence-electron chi connectivity index (χ2n) is 9.14. The van der Waals surface area contributed by atoms with Gasteiger partial charge in [0.25, 0.3) is 5.56 Å². The molecule has 1 saturated heterocycles. The van der Waals surface area contributed by atoms with Gasteiger partial charge in [-0.05, 0) is 62.4 Å². The number of hydrogen-bond acceptors (Lipinski definition) is 6. The lowest BCUT2D eigenvalue weighted by Crippen LogP contribution is -2.35. The van der Waals surface area contributed by atoms with Crippen LogP contribution < -0.4 is 10.9 Å². The molecule has 8 nitrogen and oxygen atoms in total. The van der Waals surface area contributed by atoms with E-state index in [9.17, 15) is 13.2 Å². The molecule has 0 radical (unpaired) electrons. The standard InChI is InChI=1S/C24H28ClN5O3S/c1-16-13-19(34(32,33)29-11-5-2-6-12-29)9-10-21(16)27-24-26-15-17-14-20(25)23(31)30(22(17)28-24)18-7-3-4-8-18/h9-10,13-15,18H,2-8,11-12H2,1H3,(H,26,27,28). The first kappa shape index (κ1) is 23.3. The number of benzene rings is 1. The van der Waals surface area contributed by atoms with E-state index in [-0.39, 0.29) is 16.6 Å². The molecule has 34 heavy (non-hydrogen) atoms. The topological polar surface area (TPSA) is 97.2 Å². The van der Waals surface area contributed by atoms with Gasteiger partial charge in [0.05, 0.1) is 4.90 Å². The maximum Gasteiger partial charge on any atom is 0.271 e. The average Bonchev–Trinajstić information content (AvgIpc) is 3.36. The zero-order valence-electron chi connectivity index (χ0n) is 19.1. The molecule has 1 saturated carbocycles. The molecule has 1 N–H and O–H groups in total. The van der Waals surface area contributed by atoms with Crippen LogP contribution in [0.4, 0.5) is 11.6 Å². The molecule has 3 aromatic rings. The highest BCUT2D eigenvalue weighted by Gasteiger charge is 2.26. The smallest absolute Gasteiger partial charge is 0.271 e. The minimum absolute atomic E-state index is 0.0810. The Morgan fingerprint density at radius 3 is 2.50 bits per heavy atom. The van der Waals surface area contributed by atoms with Crippen LogP contribution in [0.3, 0.4) is 0 Å². The predicted octanol–water partition coefficient (Wildman–Crippen LogP) is 4.79. The largest absolute Gasteiger partial charge is 0.324 e. The number of aryl methyl sites for hydroxylation is 1. The Kier molecular flexibility index (Phi) is 6.35. The van der Waals surface area contributed by atoms with Crippen LogP contribution in [0.2, 0.25) is 5.02 Å². The predicted molar refractivity (Wildman–Crippen MR) is 133 cm³/mol. The lowest BCUT2D eigenvalue weighted by atomic mass is 10.2. The van der Waals surface area contributed by atoms with Gasteiger partial charge in [0.1, 0.15) is 10.7 Å². The molecular formula is C24H28ClN5O3S. The van der Waals surface area contributed by atoms with Crippen molar-refractivity contribution in [2.75, 3.05) is 18.4 Å². The van der Waals surface area contributed by atoms with Crippen LogP contribution in [0.15, 0.2) is 40.2 Å². The number of halogens is 1. The fourth-order valence-corrected chi connectivity index (χ4v) is 6.77. The molecular weight excluding hydrogens is 474 g/mol. The molecule has 2 fully saturated rings. The summed E-state index contributed by atoms with van der Waals surface area (Å²) in [6.07, 6.45) is 8.53. The number of piperidine rings is 1. The second-order valence-corrected chi connectivity index (χ2v) is 11.5. The minimum atomic E-state index is -3.50. The van der Waals surface area contributed by atoms with Crippen LogP contribution >= 0.6 is 11.6 Å². The number of rotatable bonds is 5. The van der Waals surface area contributed by atoms with Crippen molar-refractivity contribution >= 4 is 44.3 Å². The van der Waals surface area contributed by atoms with Crippen LogP contribution in [0.5, 0.6) is 0 Å². The lowest BCUT2D eigenvalue weighted by Gasteiger charge is -2.26. The van der Waals surface area contributed by atoms with E-state index in [1.165, 1.54) is 0 Å². The molecule has 5 rings (SSSR count). The van der Waals surface area contributed by atoms with Crippen LogP contribution in [0.1, 0.15) is 56.6 Å². The lowest BCUT2D eigenvalue weighted by molar-refractivity contribution is 0.346. The molecule has 180 valence electrons. The quantitative estimate of drug-likeness (QED) is 0.540. The summed E-state index contributed by atoms with van der Waals surface area (Å²) in [5.74, 6) is 0.343. The molecule has 0 spiro atoms. The Morgan fingerprint density at radius 2 is 1.79 bits per heavy atom. The molecule has 0 amide bonds. The Labute approximate surface area is 204 Å². The molecule has 1 aliphatic heterocycles. The Bertz CT molecular complexity index is 1390. The Hall–Kier alpha value is -2.49. The van der Waals surface area contributed by atoms with E-state index in [2.05, 4.69) is 15.3 Å². The van der Waals surface area contributed by atoms with Gasteiger partial charge in [0.15, 0.2) is 0 Å². The second kappa shape index (κ2) is 9.28. The van der Waals surface area contributed by atoms with E-state index in [0.29, 0.717) is 40.7 Å². The Balaban J connectivity index is 1.47. The molecule has 3 heterocycles. The van der Waals surface area contributed by atoms with E-state index in [1.54, 1.807) is 39.3 Å². The zero-order valence-corrected chi connectivity index (χ0v) is 20.7. The molecule has 0 bridgehead atoms. The number of aromatic nitrogens is 3. The van der Waals surface area contributed by atoms with Crippen LogP contribution in [-0.4, -0.2) is 40.3 Å². The summed E-state index contributed by atoms with van der Waals surface area (Å²) in [7, 11) is -3.50. The minimum Gasteiger partial charge on any atom is -0.324 e. The zero-order chi connectivity index (χ0) is 23.9. The molecule has 1 aliphatic carbocycles. The Morgan fingerprint density at radius 1 is 1.06 bits per heavy atom. The number of hydrogen-bond donors (Lipinski definition) is 1. The van der Waals surface area contributed by atoms with Crippen molar-refractivity contribution < 1.29 is 8.42 Å². The van der Waals surface area contributed by atoms with E-state index >= 15 is 0 Å². The fourth-order valence-electron chi connectivity index (χ4n) is 4.96.